The molecule has 0 aliphatic rings. The molecule has 0 radical (unpaired) electrons. The number of nitrogens with one attached hydrogen (secondary N) is 1. The number of benzene rings is 1. The van der Waals surface area contributed by atoms with Crippen LogP contribution in [0.1, 0.15) is 31.9 Å². The minimum Gasteiger partial charge on any atom is -0.410 e. The highest BCUT2D eigenvalue weighted by atomic mass is 16.6. The third-order valence-electron chi connectivity index (χ3n) is 2.82. The average Bonchev–Trinajstić information content (AvgIpc) is 2.87. The van der Waals surface area contributed by atoms with E-state index in [1.807, 2.05) is 13.0 Å². The lowest BCUT2D eigenvalue weighted by atomic mass is 10.1. The molecule has 1 unspecified atom stereocenters. The van der Waals surface area contributed by atoms with Crippen LogP contribution in [0.15, 0.2) is 40.9 Å². The Morgan fingerprint density at radius 1 is 1.42 bits per heavy atom. The SMILES string of the molecule is CCC(C)c1cc(NC(=O)Oc2ccccc2)on1. The van der Waals surface area contributed by atoms with Crippen molar-refractivity contribution in [1.82, 2.24) is 5.16 Å². The Balaban J connectivity index is 1.94. The van der Waals surface area contributed by atoms with Gasteiger partial charge in [0.2, 0.25) is 5.88 Å². The lowest BCUT2D eigenvalue weighted by Gasteiger charge is -2.03. The van der Waals surface area contributed by atoms with E-state index in [1.54, 1.807) is 30.3 Å². The van der Waals surface area contributed by atoms with Gasteiger partial charge < -0.3 is 9.26 Å². The van der Waals surface area contributed by atoms with Crippen LogP contribution in [0, 0.1) is 0 Å². The lowest BCUT2D eigenvalue weighted by molar-refractivity contribution is 0.214. The molecule has 1 N–H and O–H groups in total. The largest absolute Gasteiger partial charge is 0.419 e. The molecule has 1 amide bonds. The van der Waals surface area contributed by atoms with Crippen molar-refractivity contribution >= 4 is 12.0 Å². The molecule has 0 saturated carbocycles. The summed E-state index contributed by atoms with van der Waals surface area (Å²) in [6, 6.07) is 10.5. The zero-order chi connectivity index (χ0) is 13.7. The van der Waals surface area contributed by atoms with Gasteiger partial charge in [-0.05, 0) is 18.6 Å². The van der Waals surface area contributed by atoms with Crippen molar-refractivity contribution in [1.29, 1.82) is 0 Å². The number of aromatic nitrogens is 1. The standard InChI is InChI=1S/C14H16N2O3/c1-3-10(2)12-9-13(19-16-12)15-14(17)18-11-7-5-4-6-8-11/h4-10H,3H2,1-2H3,(H,15,17). The van der Waals surface area contributed by atoms with Crippen LogP contribution >= 0.6 is 0 Å². The maximum atomic E-state index is 11.6. The average molecular weight is 260 g/mol. The van der Waals surface area contributed by atoms with Crippen LogP contribution in [0.3, 0.4) is 0 Å². The molecule has 1 heterocycles. The van der Waals surface area contributed by atoms with E-state index in [4.69, 9.17) is 9.26 Å². The van der Waals surface area contributed by atoms with Crippen molar-refractivity contribution in [2.75, 3.05) is 5.32 Å². The molecule has 1 aromatic carbocycles. The Labute approximate surface area is 111 Å². The quantitative estimate of drug-likeness (QED) is 0.908. The predicted molar refractivity (Wildman–Crippen MR) is 71.3 cm³/mol. The van der Waals surface area contributed by atoms with Gasteiger partial charge >= 0.3 is 6.09 Å². The second-order valence-corrected chi connectivity index (χ2v) is 4.25. The molecular formula is C14H16N2O3. The number of carbonyl (C=O) groups is 1. The van der Waals surface area contributed by atoms with Crippen LogP contribution in [0.2, 0.25) is 0 Å². The first-order valence-corrected chi connectivity index (χ1v) is 6.19. The molecule has 0 aliphatic carbocycles. The molecule has 2 rings (SSSR count). The summed E-state index contributed by atoms with van der Waals surface area (Å²) in [5.41, 5.74) is 0.817. The highest BCUT2D eigenvalue weighted by molar-refractivity contribution is 5.84. The number of hydrogen-bond acceptors (Lipinski definition) is 4. The van der Waals surface area contributed by atoms with E-state index < -0.39 is 6.09 Å². The maximum Gasteiger partial charge on any atom is 0.419 e. The molecular weight excluding hydrogens is 244 g/mol. The van der Waals surface area contributed by atoms with Gasteiger partial charge in [-0.15, -0.1) is 0 Å². The summed E-state index contributed by atoms with van der Waals surface area (Å²) in [6.45, 7) is 4.11. The van der Waals surface area contributed by atoms with Gasteiger partial charge in [-0.3, -0.25) is 5.32 Å². The first-order valence-electron chi connectivity index (χ1n) is 6.19. The molecule has 19 heavy (non-hydrogen) atoms. The molecule has 0 saturated heterocycles. The number of ether oxygens (including phenoxy) is 1. The molecule has 5 heteroatoms. The van der Waals surface area contributed by atoms with Gasteiger partial charge in [0, 0.05) is 12.0 Å². The zero-order valence-corrected chi connectivity index (χ0v) is 10.9. The third kappa shape index (κ3) is 3.58. The first-order chi connectivity index (χ1) is 9.19. The van der Waals surface area contributed by atoms with E-state index in [-0.39, 0.29) is 5.88 Å². The van der Waals surface area contributed by atoms with Gasteiger partial charge in [-0.25, -0.2) is 4.79 Å². The summed E-state index contributed by atoms with van der Waals surface area (Å²) in [4.78, 5) is 11.6. The van der Waals surface area contributed by atoms with E-state index in [9.17, 15) is 4.79 Å². The number of nitrogens with zero attached hydrogens (tertiary/aromatic N) is 1. The topological polar surface area (TPSA) is 64.4 Å². The Kier molecular flexibility index (Phi) is 4.18. The molecule has 1 atom stereocenters. The summed E-state index contributed by atoms with van der Waals surface area (Å²) < 4.78 is 10.1. The summed E-state index contributed by atoms with van der Waals surface area (Å²) in [7, 11) is 0. The van der Waals surface area contributed by atoms with Gasteiger partial charge in [-0.1, -0.05) is 37.2 Å². The second kappa shape index (κ2) is 6.04. The molecule has 5 nitrogen and oxygen atoms in total. The van der Waals surface area contributed by atoms with Gasteiger partial charge in [0.25, 0.3) is 0 Å². The van der Waals surface area contributed by atoms with Crippen LogP contribution in [-0.4, -0.2) is 11.2 Å². The third-order valence-corrected chi connectivity index (χ3v) is 2.82. The highest BCUT2D eigenvalue weighted by Gasteiger charge is 2.12. The van der Waals surface area contributed by atoms with Crippen molar-refractivity contribution in [2.24, 2.45) is 0 Å². The van der Waals surface area contributed by atoms with Crippen molar-refractivity contribution < 1.29 is 14.1 Å². The molecule has 1 aromatic heterocycles. The Morgan fingerprint density at radius 2 is 2.16 bits per heavy atom. The molecule has 0 bridgehead atoms. The van der Waals surface area contributed by atoms with E-state index in [2.05, 4.69) is 17.4 Å². The van der Waals surface area contributed by atoms with E-state index >= 15 is 0 Å². The summed E-state index contributed by atoms with van der Waals surface area (Å²) >= 11 is 0. The minimum atomic E-state index is -0.599. The van der Waals surface area contributed by atoms with Crippen molar-refractivity contribution in [3.63, 3.8) is 0 Å². The summed E-state index contributed by atoms with van der Waals surface area (Å²) in [6.07, 6.45) is 0.360. The monoisotopic (exact) mass is 260 g/mol. The highest BCUT2D eigenvalue weighted by Crippen LogP contribution is 2.21. The van der Waals surface area contributed by atoms with Gasteiger partial charge in [0.15, 0.2) is 0 Å². The van der Waals surface area contributed by atoms with Gasteiger partial charge in [0.1, 0.15) is 5.75 Å². The van der Waals surface area contributed by atoms with Crippen LogP contribution in [-0.2, 0) is 0 Å². The summed E-state index contributed by atoms with van der Waals surface area (Å²) in [5, 5.41) is 6.40. The maximum absolute atomic E-state index is 11.6. The van der Waals surface area contributed by atoms with Crippen LogP contribution < -0.4 is 10.1 Å². The summed E-state index contributed by atoms with van der Waals surface area (Å²) in [5.74, 6) is 1.06. The molecule has 100 valence electrons. The van der Waals surface area contributed by atoms with E-state index in [0.29, 0.717) is 11.7 Å². The van der Waals surface area contributed by atoms with Gasteiger partial charge in [0.05, 0.1) is 5.69 Å². The van der Waals surface area contributed by atoms with Crippen molar-refractivity contribution in [3.8, 4) is 5.75 Å². The Hall–Kier alpha value is -2.30. The normalized spacial score (nSPS) is 11.9. The number of rotatable bonds is 4. The number of carbonyl (C=O) groups excluding carboxylic acids is 1. The molecule has 0 aliphatic heterocycles. The fourth-order valence-electron chi connectivity index (χ4n) is 1.51. The Bertz CT molecular complexity index is 537. The molecule has 0 spiro atoms. The Morgan fingerprint density at radius 3 is 2.84 bits per heavy atom. The second-order valence-electron chi connectivity index (χ2n) is 4.25. The van der Waals surface area contributed by atoms with Crippen LogP contribution in [0.4, 0.5) is 10.7 Å². The number of anilines is 1. The first kappa shape index (κ1) is 13.1. The van der Waals surface area contributed by atoms with Crippen LogP contribution in [0.5, 0.6) is 5.75 Å². The smallest absolute Gasteiger partial charge is 0.410 e. The number of para-hydroxylation sites is 1. The van der Waals surface area contributed by atoms with Crippen molar-refractivity contribution in [2.45, 2.75) is 26.2 Å². The van der Waals surface area contributed by atoms with E-state index in [1.165, 1.54) is 0 Å². The van der Waals surface area contributed by atoms with Crippen LogP contribution in [0.25, 0.3) is 0 Å². The molecule has 2 aromatic rings. The van der Waals surface area contributed by atoms with Gasteiger partial charge in [-0.2, -0.15) is 0 Å². The fourth-order valence-corrected chi connectivity index (χ4v) is 1.51. The number of hydrogen-bond donors (Lipinski definition) is 1. The lowest BCUT2D eigenvalue weighted by Crippen LogP contribution is -2.16. The fraction of sp³-hybridized carbons (Fsp3) is 0.286. The van der Waals surface area contributed by atoms with E-state index in [0.717, 1.165) is 12.1 Å². The minimum absolute atomic E-state index is 0.288. The predicted octanol–water partition coefficient (Wildman–Crippen LogP) is 3.80. The van der Waals surface area contributed by atoms with Crippen molar-refractivity contribution in [3.05, 3.63) is 42.1 Å². The molecule has 0 fully saturated rings. The zero-order valence-electron chi connectivity index (χ0n) is 10.9. The number of amides is 1.